The first-order chi connectivity index (χ1) is 14.0. The number of phenolic OH excluding ortho intramolecular Hbond substituents is 1. The number of hydrogen-bond acceptors (Lipinski definition) is 6. The zero-order chi connectivity index (χ0) is 20.8. The van der Waals surface area contributed by atoms with Gasteiger partial charge in [-0.3, -0.25) is 9.69 Å². The Labute approximate surface area is 175 Å². The highest BCUT2D eigenvalue weighted by atomic mass is 35.5. The molecular formula is C22H24ClNO5. The molecule has 3 rings (SSSR count). The molecule has 0 spiro atoms. The molecule has 0 saturated heterocycles. The summed E-state index contributed by atoms with van der Waals surface area (Å²) in [4.78, 5) is 14.9. The molecule has 0 radical (unpaired) electrons. The number of methoxy groups -OCH3 is 2. The molecule has 1 aliphatic heterocycles. The summed E-state index contributed by atoms with van der Waals surface area (Å²) in [6, 6.07) is 10.2. The van der Waals surface area contributed by atoms with Gasteiger partial charge in [-0.2, -0.15) is 0 Å². The summed E-state index contributed by atoms with van der Waals surface area (Å²) in [5.41, 5.74) is 1.82. The van der Waals surface area contributed by atoms with Crippen LogP contribution in [0.1, 0.15) is 21.5 Å². The number of phenols is 1. The van der Waals surface area contributed by atoms with Crippen molar-refractivity contribution in [3.05, 3.63) is 63.9 Å². The monoisotopic (exact) mass is 417 g/mol. The van der Waals surface area contributed by atoms with E-state index in [4.69, 9.17) is 25.8 Å². The van der Waals surface area contributed by atoms with Gasteiger partial charge in [0.2, 0.25) is 5.78 Å². The van der Waals surface area contributed by atoms with Gasteiger partial charge >= 0.3 is 0 Å². The van der Waals surface area contributed by atoms with Crippen LogP contribution in [-0.2, 0) is 16.0 Å². The van der Waals surface area contributed by atoms with Gasteiger partial charge < -0.3 is 19.3 Å². The molecule has 0 saturated carbocycles. The van der Waals surface area contributed by atoms with E-state index < -0.39 is 0 Å². The maximum absolute atomic E-state index is 12.8. The van der Waals surface area contributed by atoms with E-state index in [1.165, 1.54) is 6.07 Å². The number of ether oxygens (including phenoxy) is 3. The Balaban J connectivity index is 1.88. The van der Waals surface area contributed by atoms with Crippen LogP contribution in [0, 0.1) is 0 Å². The molecule has 1 heterocycles. The van der Waals surface area contributed by atoms with Gasteiger partial charge in [0.1, 0.15) is 11.5 Å². The first kappa shape index (κ1) is 21.3. The predicted octanol–water partition coefficient (Wildman–Crippen LogP) is 3.76. The number of ketones is 1. The van der Waals surface area contributed by atoms with Crippen LogP contribution in [0.15, 0.2) is 42.2 Å². The summed E-state index contributed by atoms with van der Waals surface area (Å²) in [5.74, 6) is 0.491. The van der Waals surface area contributed by atoms with Crippen LogP contribution in [0.4, 0.5) is 0 Å². The number of hydrogen-bond donors (Lipinski definition) is 1. The van der Waals surface area contributed by atoms with Crippen molar-refractivity contribution < 1.29 is 24.1 Å². The van der Waals surface area contributed by atoms with Crippen molar-refractivity contribution in [1.29, 1.82) is 0 Å². The van der Waals surface area contributed by atoms with E-state index in [0.717, 1.165) is 5.56 Å². The number of allylic oxidation sites excluding steroid dienone is 1. The molecule has 29 heavy (non-hydrogen) atoms. The molecular weight excluding hydrogens is 394 g/mol. The second-order valence-corrected chi connectivity index (χ2v) is 7.13. The zero-order valence-corrected chi connectivity index (χ0v) is 17.2. The van der Waals surface area contributed by atoms with E-state index in [1.807, 2.05) is 12.1 Å². The molecule has 6 nitrogen and oxygen atoms in total. The molecule has 154 valence electrons. The van der Waals surface area contributed by atoms with E-state index in [1.54, 1.807) is 38.5 Å². The van der Waals surface area contributed by atoms with Crippen molar-refractivity contribution in [2.24, 2.45) is 0 Å². The topological polar surface area (TPSA) is 68.2 Å². The second kappa shape index (κ2) is 9.89. The number of aromatic hydroxyl groups is 1. The normalized spacial score (nSPS) is 14.5. The molecule has 0 aromatic heterocycles. The maximum Gasteiger partial charge on any atom is 0.231 e. The molecule has 1 aliphatic rings. The van der Waals surface area contributed by atoms with E-state index >= 15 is 0 Å². The highest BCUT2D eigenvalue weighted by Gasteiger charge is 2.31. The Morgan fingerprint density at radius 2 is 1.72 bits per heavy atom. The second-order valence-electron chi connectivity index (χ2n) is 6.69. The fourth-order valence-electron chi connectivity index (χ4n) is 3.09. The smallest absolute Gasteiger partial charge is 0.231 e. The van der Waals surface area contributed by atoms with Crippen LogP contribution in [0.3, 0.4) is 0 Å². The van der Waals surface area contributed by atoms with E-state index in [9.17, 15) is 9.90 Å². The zero-order valence-electron chi connectivity index (χ0n) is 16.5. The SMILES string of the molecule is COCCN(CCOC)Cc1c(O)ccc2c1O/C(=C\c1ccc(Cl)cc1)C2=O. The molecule has 0 amide bonds. The van der Waals surface area contributed by atoms with Crippen LogP contribution in [0.25, 0.3) is 6.08 Å². The lowest BCUT2D eigenvalue weighted by atomic mass is 10.0. The average Bonchev–Trinajstić information content (AvgIpc) is 3.03. The standard InChI is InChI=1S/C22H24ClNO5/c1-27-11-9-24(10-12-28-2)14-18-19(25)8-7-17-21(26)20(29-22(17)18)13-15-3-5-16(23)6-4-15/h3-8,13,25H,9-12,14H2,1-2H3/b20-13-. The Kier molecular flexibility index (Phi) is 7.28. The third-order valence-electron chi connectivity index (χ3n) is 4.69. The number of halogens is 1. The minimum Gasteiger partial charge on any atom is -0.507 e. The van der Waals surface area contributed by atoms with Gasteiger partial charge in [-0.15, -0.1) is 0 Å². The fourth-order valence-corrected chi connectivity index (χ4v) is 3.22. The number of rotatable bonds is 9. The molecule has 0 fully saturated rings. The number of carbonyl (C=O) groups is 1. The minimum atomic E-state index is -0.212. The highest BCUT2D eigenvalue weighted by molar-refractivity contribution is 6.30. The summed E-state index contributed by atoms with van der Waals surface area (Å²) < 4.78 is 16.3. The van der Waals surface area contributed by atoms with Crippen LogP contribution in [0.5, 0.6) is 11.5 Å². The average molecular weight is 418 g/mol. The predicted molar refractivity (Wildman–Crippen MR) is 112 cm³/mol. The summed E-state index contributed by atoms with van der Waals surface area (Å²) >= 11 is 5.92. The van der Waals surface area contributed by atoms with Gasteiger partial charge in [0, 0.05) is 38.9 Å². The molecule has 0 aliphatic carbocycles. The number of fused-ring (bicyclic) bond motifs is 1. The van der Waals surface area contributed by atoms with Crippen molar-refractivity contribution in [3.63, 3.8) is 0 Å². The maximum atomic E-state index is 12.8. The molecule has 1 N–H and O–H groups in total. The highest BCUT2D eigenvalue weighted by Crippen LogP contribution is 2.40. The van der Waals surface area contributed by atoms with Crippen LogP contribution in [0.2, 0.25) is 5.02 Å². The van der Waals surface area contributed by atoms with Gasteiger partial charge in [0.25, 0.3) is 0 Å². The van der Waals surface area contributed by atoms with Crippen LogP contribution >= 0.6 is 11.6 Å². The van der Waals surface area contributed by atoms with Crippen LogP contribution in [-0.4, -0.2) is 56.3 Å². The quantitative estimate of drug-likeness (QED) is 0.626. The number of Topliss-reactive ketones (excluding diaryl/α,β-unsaturated/α-hetero) is 1. The van der Waals surface area contributed by atoms with E-state index in [2.05, 4.69) is 4.90 Å². The molecule has 0 bridgehead atoms. The first-order valence-corrected chi connectivity index (χ1v) is 9.66. The lowest BCUT2D eigenvalue weighted by Crippen LogP contribution is -2.30. The summed E-state index contributed by atoms with van der Waals surface area (Å²) in [6.45, 7) is 2.81. The van der Waals surface area contributed by atoms with Gasteiger partial charge in [-0.25, -0.2) is 0 Å². The van der Waals surface area contributed by atoms with Crippen molar-refractivity contribution in [2.45, 2.75) is 6.54 Å². The first-order valence-electron chi connectivity index (χ1n) is 9.28. The van der Waals surface area contributed by atoms with E-state index in [-0.39, 0.29) is 17.3 Å². The number of carbonyl (C=O) groups excluding carboxylic acids is 1. The van der Waals surface area contributed by atoms with Gasteiger partial charge in [-0.05, 0) is 35.9 Å². The van der Waals surface area contributed by atoms with Crippen molar-refractivity contribution >= 4 is 23.5 Å². The summed E-state index contributed by atoms with van der Waals surface area (Å²) in [6.07, 6.45) is 1.67. The molecule has 2 aromatic carbocycles. The van der Waals surface area contributed by atoms with Crippen molar-refractivity contribution in [3.8, 4) is 11.5 Å². The van der Waals surface area contributed by atoms with Gasteiger partial charge in [0.05, 0.1) is 24.3 Å². The van der Waals surface area contributed by atoms with Gasteiger partial charge in [-0.1, -0.05) is 23.7 Å². The lowest BCUT2D eigenvalue weighted by Gasteiger charge is -2.23. The lowest BCUT2D eigenvalue weighted by molar-refractivity contribution is 0.101. The number of nitrogens with zero attached hydrogens (tertiary/aromatic N) is 1. The molecule has 0 unspecified atom stereocenters. The molecule has 2 aromatic rings. The molecule has 7 heteroatoms. The minimum absolute atomic E-state index is 0.0872. The Hall–Kier alpha value is -2.38. The largest absolute Gasteiger partial charge is 0.507 e. The summed E-state index contributed by atoms with van der Waals surface area (Å²) in [7, 11) is 3.28. The Bertz CT molecular complexity index is 887. The summed E-state index contributed by atoms with van der Waals surface area (Å²) in [5, 5.41) is 11.1. The third-order valence-corrected chi connectivity index (χ3v) is 4.94. The Morgan fingerprint density at radius 3 is 2.34 bits per heavy atom. The van der Waals surface area contributed by atoms with Crippen LogP contribution < -0.4 is 4.74 Å². The third kappa shape index (κ3) is 5.16. The van der Waals surface area contributed by atoms with Crippen molar-refractivity contribution in [2.75, 3.05) is 40.5 Å². The molecule has 0 atom stereocenters. The van der Waals surface area contributed by atoms with Crippen molar-refractivity contribution in [1.82, 2.24) is 4.90 Å². The Morgan fingerprint density at radius 1 is 1.07 bits per heavy atom. The number of benzene rings is 2. The van der Waals surface area contributed by atoms with Gasteiger partial charge in [0.15, 0.2) is 5.76 Å². The fraction of sp³-hybridized carbons (Fsp3) is 0.318. The van der Waals surface area contributed by atoms with E-state index in [0.29, 0.717) is 54.7 Å².